The molecule has 6 atom stereocenters. The number of aliphatic hydroxyl groups is 1. The first-order valence-corrected chi connectivity index (χ1v) is 17.7. The zero-order chi connectivity index (χ0) is 41.5. The molecule has 6 amide bonds. The second-order valence-corrected chi connectivity index (χ2v) is 13.5. The van der Waals surface area contributed by atoms with Crippen molar-refractivity contribution in [3.63, 3.8) is 0 Å². The molecular weight excluding hydrogens is 710 g/mol. The van der Waals surface area contributed by atoms with Crippen LogP contribution in [0.15, 0.2) is 9.98 Å². The summed E-state index contributed by atoms with van der Waals surface area (Å²) in [5.74, 6) is -6.38. The van der Waals surface area contributed by atoms with Gasteiger partial charge in [0.15, 0.2) is 11.9 Å². The van der Waals surface area contributed by atoms with E-state index in [-0.39, 0.29) is 68.9 Å². The largest absolute Gasteiger partial charge is 0.480 e. The van der Waals surface area contributed by atoms with E-state index in [1.807, 2.05) is 13.8 Å². The molecule has 18 N–H and O–H groups in total. The Hall–Kier alpha value is -5.25. The molecule has 0 fully saturated rings. The predicted octanol–water partition coefficient (Wildman–Crippen LogP) is -4.85. The molecule has 0 aromatic heterocycles. The second-order valence-electron chi connectivity index (χ2n) is 13.5. The van der Waals surface area contributed by atoms with E-state index in [2.05, 4.69) is 41.9 Å². The Morgan fingerprint density at radius 1 is 0.574 bits per heavy atom. The maximum Gasteiger partial charge on any atom is 0.322 e. The van der Waals surface area contributed by atoms with Crippen LogP contribution in [0, 0.1) is 11.8 Å². The minimum atomic E-state index is -1.56. The number of aliphatic hydroxyl groups excluding tert-OH is 1. The van der Waals surface area contributed by atoms with Gasteiger partial charge in [0.05, 0.1) is 12.6 Å². The summed E-state index contributed by atoms with van der Waals surface area (Å²) in [4.78, 5) is 97.1. The highest BCUT2D eigenvalue weighted by Crippen LogP contribution is 2.08. The van der Waals surface area contributed by atoms with Gasteiger partial charge in [0.1, 0.15) is 36.8 Å². The van der Waals surface area contributed by atoms with E-state index in [4.69, 9.17) is 33.8 Å². The lowest BCUT2D eigenvalue weighted by atomic mass is 10.0. The van der Waals surface area contributed by atoms with Crippen molar-refractivity contribution >= 4 is 53.3 Å². The lowest BCUT2D eigenvalue weighted by Crippen LogP contribution is -2.59. The fourth-order valence-corrected chi connectivity index (χ4v) is 4.84. The molecule has 54 heavy (non-hydrogen) atoms. The van der Waals surface area contributed by atoms with Crippen LogP contribution in [0.2, 0.25) is 0 Å². The quantitative estimate of drug-likeness (QED) is 0.0223. The third-order valence-corrected chi connectivity index (χ3v) is 7.54. The van der Waals surface area contributed by atoms with Gasteiger partial charge in [-0.1, -0.05) is 27.7 Å². The van der Waals surface area contributed by atoms with Crippen molar-refractivity contribution in [2.24, 2.45) is 50.5 Å². The number of nitrogens with one attached hydrogen (secondary N) is 6. The molecule has 0 aliphatic rings. The van der Waals surface area contributed by atoms with Crippen LogP contribution >= 0.6 is 0 Å². The lowest BCUT2D eigenvalue weighted by molar-refractivity contribution is -0.138. The van der Waals surface area contributed by atoms with Crippen LogP contribution in [-0.4, -0.2) is 126 Å². The van der Waals surface area contributed by atoms with Gasteiger partial charge in [-0.3, -0.25) is 43.5 Å². The SMILES string of the molecule is CC(C)C[C@H](N)C(=O)N[C@H](CCCN=C(N)N)C(=O)N[C@H](CCCN=C(N)N)C(=O)N[C@H](C)C(=O)N[C@@H](CO)C(=O)N[C@H](CC(C)C)C(=O)NCC(=O)O. The number of carboxylic acids is 1. The van der Waals surface area contributed by atoms with Crippen LogP contribution in [0.1, 0.15) is 73.1 Å². The number of rotatable bonds is 26. The van der Waals surface area contributed by atoms with E-state index >= 15 is 0 Å². The van der Waals surface area contributed by atoms with E-state index < -0.39 is 90.8 Å². The third-order valence-electron chi connectivity index (χ3n) is 7.54. The summed E-state index contributed by atoms with van der Waals surface area (Å²) >= 11 is 0. The van der Waals surface area contributed by atoms with E-state index in [0.29, 0.717) is 6.42 Å². The molecule has 0 saturated heterocycles. The number of aliphatic imine (C=N–C) groups is 2. The molecule has 0 rings (SSSR count). The number of aliphatic carboxylic acids is 1. The average molecular weight is 772 g/mol. The molecule has 0 aromatic carbocycles. The lowest BCUT2D eigenvalue weighted by Gasteiger charge is -2.26. The van der Waals surface area contributed by atoms with Crippen LogP contribution in [0.4, 0.5) is 0 Å². The van der Waals surface area contributed by atoms with Crippen LogP contribution in [0.25, 0.3) is 0 Å². The van der Waals surface area contributed by atoms with Crippen molar-refractivity contribution in [2.75, 3.05) is 26.2 Å². The molecule has 308 valence electrons. The molecule has 0 spiro atoms. The van der Waals surface area contributed by atoms with Crippen LogP contribution < -0.4 is 60.6 Å². The van der Waals surface area contributed by atoms with Crippen molar-refractivity contribution in [3.8, 4) is 0 Å². The smallest absolute Gasteiger partial charge is 0.322 e. The third kappa shape index (κ3) is 21.3. The van der Waals surface area contributed by atoms with E-state index in [0.717, 1.165) is 0 Å². The summed E-state index contributed by atoms with van der Waals surface area (Å²) in [6.45, 7) is 7.28. The molecule has 22 nitrogen and oxygen atoms in total. The first-order valence-electron chi connectivity index (χ1n) is 17.7. The number of carbonyl (C=O) groups excluding carboxylic acids is 6. The molecule has 22 heteroatoms. The van der Waals surface area contributed by atoms with Crippen LogP contribution in [0.5, 0.6) is 0 Å². The van der Waals surface area contributed by atoms with Gasteiger partial charge in [0.2, 0.25) is 35.4 Å². The number of carboxylic acid groups (broad SMARTS) is 1. The van der Waals surface area contributed by atoms with Gasteiger partial charge in [-0.2, -0.15) is 0 Å². The van der Waals surface area contributed by atoms with Gasteiger partial charge >= 0.3 is 5.97 Å². The molecular formula is C32H61N13O9. The number of amides is 6. The summed E-state index contributed by atoms with van der Waals surface area (Å²) in [6.07, 6.45) is 1.03. The van der Waals surface area contributed by atoms with Crippen molar-refractivity contribution in [3.05, 3.63) is 0 Å². The first-order chi connectivity index (χ1) is 25.2. The Bertz CT molecular complexity index is 1320. The highest BCUT2D eigenvalue weighted by molar-refractivity contribution is 5.96. The molecule has 0 heterocycles. The van der Waals surface area contributed by atoms with Gasteiger partial charge in [0, 0.05) is 13.1 Å². The van der Waals surface area contributed by atoms with Gasteiger partial charge in [-0.25, -0.2) is 0 Å². The van der Waals surface area contributed by atoms with Gasteiger partial charge < -0.3 is 70.8 Å². The number of hydrogen-bond acceptors (Lipinski definition) is 11. The number of guanidine groups is 2. The highest BCUT2D eigenvalue weighted by atomic mass is 16.4. The Labute approximate surface area is 315 Å². The summed E-state index contributed by atoms with van der Waals surface area (Å²) in [5.41, 5.74) is 27.6. The fraction of sp³-hybridized carbons (Fsp3) is 0.719. The van der Waals surface area contributed by atoms with Crippen LogP contribution in [0.3, 0.4) is 0 Å². The Kier molecular flexibility index (Phi) is 23.2. The second kappa shape index (κ2) is 25.7. The zero-order valence-electron chi connectivity index (χ0n) is 31.7. The Balaban J connectivity index is 5.96. The molecule has 0 unspecified atom stereocenters. The maximum atomic E-state index is 13.6. The monoisotopic (exact) mass is 771 g/mol. The predicted molar refractivity (Wildman–Crippen MR) is 200 cm³/mol. The first kappa shape index (κ1) is 48.8. The average Bonchev–Trinajstić information content (AvgIpc) is 3.06. The standard InChI is InChI=1S/C32H61N13O9/c1-16(2)12-19(33)26(50)42-21(9-7-11-39-32(36)37)29(53)43-20(8-6-10-38-31(34)35)28(52)41-18(5)25(49)45-23(15-46)30(54)44-22(13-17(3)4)27(51)40-14-24(47)48/h16-23,46H,6-15,33H2,1-5H3,(H,40,51)(H,41,52)(H,42,50)(H,43,53)(H,44,54)(H,45,49)(H,47,48)(H4,34,35,38)(H4,36,37,39)/t18-,19+,20-,21-,22-,23+/m1/s1. The number of hydrogen-bond donors (Lipinski definition) is 13. The molecule has 0 radical (unpaired) electrons. The van der Waals surface area contributed by atoms with Crippen molar-refractivity contribution < 1.29 is 43.8 Å². The summed E-state index contributed by atoms with van der Waals surface area (Å²) < 4.78 is 0. The van der Waals surface area contributed by atoms with Gasteiger partial charge in [-0.05, 0) is 57.3 Å². The molecule has 0 saturated carbocycles. The van der Waals surface area contributed by atoms with E-state index in [9.17, 15) is 38.7 Å². The van der Waals surface area contributed by atoms with Crippen LogP contribution in [-0.2, 0) is 33.6 Å². The minimum absolute atomic E-state index is 0.00687. The van der Waals surface area contributed by atoms with Crippen molar-refractivity contribution in [2.45, 2.75) is 109 Å². The van der Waals surface area contributed by atoms with E-state index in [1.165, 1.54) is 6.92 Å². The molecule has 0 bridgehead atoms. The summed E-state index contributed by atoms with van der Waals surface area (Å²) in [7, 11) is 0. The highest BCUT2D eigenvalue weighted by Gasteiger charge is 2.31. The number of nitrogens with zero attached hydrogens (tertiary/aromatic N) is 2. The van der Waals surface area contributed by atoms with Crippen molar-refractivity contribution in [1.29, 1.82) is 0 Å². The summed E-state index contributed by atoms with van der Waals surface area (Å²) in [6, 6.07) is -7.36. The molecule has 0 aliphatic heterocycles. The van der Waals surface area contributed by atoms with Crippen molar-refractivity contribution in [1.82, 2.24) is 31.9 Å². The normalized spacial score (nSPS) is 14.2. The van der Waals surface area contributed by atoms with Gasteiger partial charge in [-0.15, -0.1) is 0 Å². The minimum Gasteiger partial charge on any atom is -0.480 e. The topological polar surface area (TPSA) is 387 Å². The Morgan fingerprint density at radius 3 is 1.44 bits per heavy atom. The molecule has 0 aromatic rings. The fourth-order valence-electron chi connectivity index (χ4n) is 4.84. The van der Waals surface area contributed by atoms with E-state index in [1.54, 1.807) is 13.8 Å². The molecule has 0 aliphatic carbocycles. The van der Waals surface area contributed by atoms with Gasteiger partial charge in [0.25, 0.3) is 0 Å². The maximum absolute atomic E-state index is 13.6. The number of carbonyl (C=O) groups is 7. The Morgan fingerprint density at radius 2 is 1.00 bits per heavy atom. The number of nitrogens with two attached hydrogens (primary N) is 5. The summed E-state index contributed by atoms with van der Waals surface area (Å²) in [5, 5.41) is 33.3. The zero-order valence-corrected chi connectivity index (χ0v) is 31.7.